The van der Waals surface area contributed by atoms with Crippen LogP contribution in [0.15, 0.2) is 23.1 Å². The van der Waals surface area contributed by atoms with E-state index in [2.05, 4.69) is 0 Å². The van der Waals surface area contributed by atoms with Crippen LogP contribution in [0.1, 0.15) is 6.92 Å². The van der Waals surface area contributed by atoms with E-state index in [1.54, 1.807) is 6.92 Å². The molecule has 1 saturated heterocycles. The van der Waals surface area contributed by atoms with Gasteiger partial charge in [-0.15, -0.1) is 0 Å². The number of sulfonamides is 1. The summed E-state index contributed by atoms with van der Waals surface area (Å²) in [5.41, 5.74) is 0. The van der Waals surface area contributed by atoms with Crippen molar-refractivity contribution in [3.8, 4) is 0 Å². The monoisotopic (exact) mass is 383 g/mol. The van der Waals surface area contributed by atoms with Crippen LogP contribution < -0.4 is 0 Å². The van der Waals surface area contributed by atoms with Gasteiger partial charge in [0.1, 0.15) is 10.9 Å². The number of ether oxygens (including phenoxy) is 1. The Bertz CT molecular complexity index is 666. The van der Waals surface area contributed by atoms with E-state index in [9.17, 15) is 13.2 Å². The molecule has 1 aromatic rings. The lowest BCUT2D eigenvalue weighted by atomic mass is 10.3. The third kappa shape index (κ3) is 3.71. The number of hydrogen-bond acceptors (Lipinski definition) is 5. The molecule has 0 radical (unpaired) electrons. The van der Waals surface area contributed by atoms with E-state index in [0.717, 1.165) is 4.31 Å². The fourth-order valence-corrected chi connectivity index (χ4v) is 5.66. The second-order valence-electron chi connectivity index (χ2n) is 4.53. The van der Waals surface area contributed by atoms with Gasteiger partial charge in [-0.3, -0.25) is 4.79 Å². The Hall–Kier alpha value is -0.470. The lowest BCUT2D eigenvalue weighted by Gasteiger charge is -2.32. The topological polar surface area (TPSA) is 63.7 Å². The number of benzene rings is 1. The fraction of sp³-hybridized carbons (Fsp3) is 0.462. The van der Waals surface area contributed by atoms with Crippen molar-refractivity contribution in [2.24, 2.45) is 0 Å². The van der Waals surface area contributed by atoms with Gasteiger partial charge < -0.3 is 4.74 Å². The number of carbonyl (C=O) groups is 1. The molecular formula is C13H15Cl2NO4S2. The van der Waals surface area contributed by atoms with Crippen LogP contribution in [0.4, 0.5) is 0 Å². The molecule has 0 spiro atoms. The van der Waals surface area contributed by atoms with Gasteiger partial charge in [0.15, 0.2) is 0 Å². The van der Waals surface area contributed by atoms with Crippen molar-refractivity contribution in [1.29, 1.82) is 0 Å². The number of rotatable bonds is 4. The Morgan fingerprint density at radius 1 is 1.45 bits per heavy atom. The first-order chi connectivity index (χ1) is 10.4. The summed E-state index contributed by atoms with van der Waals surface area (Å²) in [6, 6.07) is 3.38. The lowest BCUT2D eigenvalue weighted by molar-refractivity contribution is -0.146. The summed E-state index contributed by atoms with van der Waals surface area (Å²) in [4.78, 5) is 11.9. The largest absolute Gasteiger partial charge is 0.465 e. The lowest BCUT2D eigenvalue weighted by Crippen LogP contribution is -2.50. The van der Waals surface area contributed by atoms with Crippen LogP contribution in [0.3, 0.4) is 0 Å². The summed E-state index contributed by atoms with van der Waals surface area (Å²) in [5.74, 6) is 0.417. The summed E-state index contributed by atoms with van der Waals surface area (Å²) in [5, 5.41) is 0.340. The minimum Gasteiger partial charge on any atom is -0.465 e. The van der Waals surface area contributed by atoms with E-state index in [4.69, 9.17) is 27.9 Å². The van der Waals surface area contributed by atoms with Crippen molar-refractivity contribution < 1.29 is 17.9 Å². The maximum Gasteiger partial charge on any atom is 0.325 e. The molecule has 1 atom stereocenters. The Kier molecular flexibility index (Phi) is 6.01. The number of thioether (sulfide) groups is 1. The van der Waals surface area contributed by atoms with E-state index in [1.807, 2.05) is 0 Å². The second-order valence-corrected chi connectivity index (χ2v) is 8.39. The van der Waals surface area contributed by atoms with Gasteiger partial charge in [-0.25, -0.2) is 8.42 Å². The van der Waals surface area contributed by atoms with Gasteiger partial charge in [-0.2, -0.15) is 16.1 Å². The Balaban J connectivity index is 2.41. The Morgan fingerprint density at radius 3 is 2.86 bits per heavy atom. The molecule has 0 amide bonds. The van der Waals surface area contributed by atoms with E-state index < -0.39 is 22.0 Å². The van der Waals surface area contributed by atoms with E-state index in [1.165, 1.54) is 30.0 Å². The molecule has 1 aromatic carbocycles. The van der Waals surface area contributed by atoms with Gasteiger partial charge in [-0.05, 0) is 25.1 Å². The SMILES string of the molecule is CCOC(=O)[C@H]1CSCCN1S(=O)(=O)c1cc(Cl)ccc1Cl. The minimum absolute atomic E-state index is 0.0743. The van der Waals surface area contributed by atoms with E-state index in [0.29, 0.717) is 11.5 Å². The molecule has 1 fully saturated rings. The number of hydrogen-bond donors (Lipinski definition) is 0. The first-order valence-electron chi connectivity index (χ1n) is 6.59. The van der Waals surface area contributed by atoms with Crippen LogP contribution >= 0.6 is 35.0 Å². The average Bonchev–Trinajstić information content (AvgIpc) is 2.50. The highest BCUT2D eigenvalue weighted by atomic mass is 35.5. The van der Waals surface area contributed by atoms with Crippen molar-refractivity contribution in [3.05, 3.63) is 28.2 Å². The zero-order valence-corrected chi connectivity index (χ0v) is 14.9. The highest BCUT2D eigenvalue weighted by Gasteiger charge is 2.39. The maximum atomic E-state index is 12.8. The molecule has 5 nitrogen and oxygen atoms in total. The van der Waals surface area contributed by atoms with Crippen LogP contribution in [0.2, 0.25) is 10.0 Å². The van der Waals surface area contributed by atoms with Crippen LogP contribution in [-0.2, 0) is 19.6 Å². The van der Waals surface area contributed by atoms with Crippen molar-refractivity contribution in [2.75, 3.05) is 24.7 Å². The van der Waals surface area contributed by atoms with Crippen molar-refractivity contribution in [3.63, 3.8) is 0 Å². The summed E-state index contributed by atoms with van der Waals surface area (Å²) < 4.78 is 31.8. The molecule has 0 unspecified atom stereocenters. The second kappa shape index (κ2) is 7.40. The Labute approximate surface area is 144 Å². The average molecular weight is 384 g/mol. The van der Waals surface area contributed by atoms with Gasteiger partial charge >= 0.3 is 5.97 Å². The Morgan fingerprint density at radius 2 is 2.18 bits per heavy atom. The van der Waals surface area contributed by atoms with Crippen molar-refractivity contribution in [2.45, 2.75) is 17.9 Å². The molecule has 2 rings (SSSR count). The molecule has 0 bridgehead atoms. The van der Waals surface area contributed by atoms with E-state index in [-0.39, 0.29) is 28.1 Å². The van der Waals surface area contributed by atoms with Gasteiger partial charge in [0, 0.05) is 23.1 Å². The molecule has 0 saturated carbocycles. The minimum atomic E-state index is -3.92. The molecule has 9 heteroatoms. The van der Waals surface area contributed by atoms with Crippen LogP contribution in [0.5, 0.6) is 0 Å². The summed E-state index contributed by atoms with van der Waals surface area (Å²) in [7, 11) is -3.92. The normalized spacial score (nSPS) is 19.9. The van der Waals surface area contributed by atoms with Gasteiger partial charge in [0.05, 0.1) is 11.6 Å². The predicted molar refractivity (Wildman–Crippen MR) is 88.1 cm³/mol. The highest BCUT2D eigenvalue weighted by molar-refractivity contribution is 7.99. The molecule has 0 aliphatic carbocycles. The van der Waals surface area contributed by atoms with Crippen LogP contribution in [0.25, 0.3) is 0 Å². The molecule has 122 valence electrons. The maximum absolute atomic E-state index is 12.8. The van der Waals surface area contributed by atoms with Gasteiger partial charge in [0.2, 0.25) is 10.0 Å². The predicted octanol–water partition coefficient (Wildman–Crippen LogP) is 2.66. The third-order valence-corrected chi connectivity index (χ3v) is 6.77. The van der Waals surface area contributed by atoms with Crippen LogP contribution in [0, 0.1) is 0 Å². The number of esters is 1. The first-order valence-corrected chi connectivity index (χ1v) is 9.94. The quantitative estimate of drug-likeness (QED) is 0.747. The molecule has 1 heterocycles. The number of nitrogens with zero attached hydrogens (tertiary/aromatic N) is 1. The molecule has 1 aliphatic heterocycles. The molecule has 0 aromatic heterocycles. The van der Waals surface area contributed by atoms with Crippen LogP contribution in [-0.4, -0.2) is 49.4 Å². The summed E-state index contributed by atoms with van der Waals surface area (Å²) in [6.45, 7) is 2.10. The molecule has 0 N–H and O–H groups in total. The smallest absolute Gasteiger partial charge is 0.325 e. The third-order valence-electron chi connectivity index (χ3n) is 3.12. The van der Waals surface area contributed by atoms with Crippen molar-refractivity contribution in [1.82, 2.24) is 4.31 Å². The summed E-state index contributed by atoms with van der Waals surface area (Å²) >= 11 is 13.4. The van der Waals surface area contributed by atoms with Crippen molar-refractivity contribution >= 4 is 51.0 Å². The zero-order chi connectivity index (χ0) is 16.3. The zero-order valence-electron chi connectivity index (χ0n) is 11.8. The molecule has 22 heavy (non-hydrogen) atoms. The standard InChI is InChI=1S/C13H15Cl2NO4S2/c1-2-20-13(17)11-8-21-6-5-16(11)22(18,19)12-7-9(14)3-4-10(12)15/h3-4,7,11H,2,5-6,8H2,1H3/t11-/m1/s1. The van der Waals surface area contributed by atoms with Gasteiger partial charge in [-0.1, -0.05) is 23.2 Å². The van der Waals surface area contributed by atoms with Gasteiger partial charge in [0.25, 0.3) is 0 Å². The fourth-order valence-electron chi connectivity index (χ4n) is 2.10. The first kappa shape index (κ1) is 17.9. The number of halogens is 2. The molecular weight excluding hydrogens is 369 g/mol. The highest BCUT2D eigenvalue weighted by Crippen LogP contribution is 2.31. The molecule has 1 aliphatic rings. The van der Waals surface area contributed by atoms with E-state index >= 15 is 0 Å². The number of carbonyl (C=O) groups excluding carboxylic acids is 1. The summed E-state index contributed by atoms with van der Waals surface area (Å²) in [6.07, 6.45) is 0.